The average Bonchev–Trinajstić information content (AvgIpc) is 3.00. The molecule has 4 nitrogen and oxygen atoms in total. The van der Waals surface area contributed by atoms with Gasteiger partial charge in [-0.05, 0) is 32.9 Å². The van der Waals surface area contributed by atoms with Gasteiger partial charge < -0.3 is 16.0 Å². The van der Waals surface area contributed by atoms with Gasteiger partial charge in [0.1, 0.15) is 0 Å². The smallest absolute Gasteiger partial charge is 0.224 e. The number of hydrogen-bond donors (Lipinski definition) is 2. The Morgan fingerprint density at radius 2 is 1.94 bits per heavy atom. The van der Waals surface area contributed by atoms with Crippen molar-refractivity contribution in [1.82, 2.24) is 10.2 Å². The van der Waals surface area contributed by atoms with E-state index < -0.39 is 0 Å². The normalized spacial score (nSPS) is 17.7. The Hall–Kier alpha value is -0.0300. The predicted molar refractivity (Wildman–Crippen MR) is 75.9 cm³/mol. The zero-order chi connectivity index (χ0) is 11.4. The number of carbonyl (C=O) groups excluding carboxylic acids is 1. The van der Waals surface area contributed by atoms with Crippen LogP contribution in [0.25, 0.3) is 0 Å². The van der Waals surface area contributed by atoms with E-state index in [1.54, 1.807) is 0 Å². The van der Waals surface area contributed by atoms with Crippen molar-refractivity contribution in [2.45, 2.75) is 25.8 Å². The number of likely N-dealkylation sites (N-methyl/N-ethyl adjacent to an activating group) is 1. The molecule has 1 amide bonds. The van der Waals surface area contributed by atoms with Gasteiger partial charge in [0.25, 0.3) is 0 Å². The molecule has 2 unspecified atom stereocenters. The van der Waals surface area contributed by atoms with Crippen LogP contribution < -0.4 is 11.1 Å². The number of nitrogens with one attached hydrogen (secondary N) is 1. The molecular weight excluding hydrogens is 261 g/mol. The molecular formula is C11H25Cl2N3O. The highest BCUT2D eigenvalue weighted by Crippen LogP contribution is 2.34. The van der Waals surface area contributed by atoms with Crippen LogP contribution in [0.3, 0.4) is 0 Å². The second-order valence-electron chi connectivity index (χ2n) is 4.75. The molecule has 0 aliphatic heterocycles. The number of rotatable bonds is 6. The van der Waals surface area contributed by atoms with Gasteiger partial charge in [0, 0.05) is 25.0 Å². The van der Waals surface area contributed by atoms with E-state index in [9.17, 15) is 4.79 Å². The Morgan fingerprint density at radius 3 is 2.29 bits per heavy atom. The minimum atomic E-state index is -0.0768. The summed E-state index contributed by atoms with van der Waals surface area (Å²) in [6, 6.07) is 0.485. The minimum Gasteiger partial charge on any atom is -0.354 e. The predicted octanol–water partition coefficient (Wildman–Crippen LogP) is 0.881. The molecule has 1 fully saturated rings. The van der Waals surface area contributed by atoms with Gasteiger partial charge >= 0.3 is 0 Å². The molecule has 2 atom stereocenters. The second kappa shape index (κ2) is 8.97. The average molecular weight is 286 g/mol. The van der Waals surface area contributed by atoms with Crippen LogP contribution >= 0.6 is 24.8 Å². The van der Waals surface area contributed by atoms with E-state index >= 15 is 0 Å². The molecule has 1 saturated carbocycles. The van der Waals surface area contributed by atoms with E-state index in [1.807, 2.05) is 6.92 Å². The van der Waals surface area contributed by atoms with Crippen LogP contribution in [0.15, 0.2) is 0 Å². The first-order valence-corrected chi connectivity index (χ1v) is 5.70. The second-order valence-corrected chi connectivity index (χ2v) is 4.75. The number of hydrogen-bond acceptors (Lipinski definition) is 3. The van der Waals surface area contributed by atoms with Crippen LogP contribution in [0.2, 0.25) is 0 Å². The Bertz CT molecular complexity index is 221. The van der Waals surface area contributed by atoms with Crippen molar-refractivity contribution >= 4 is 30.7 Å². The summed E-state index contributed by atoms with van der Waals surface area (Å²) in [5.74, 6) is 0.769. The third-order valence-corrected chi connectivity index (χ3v) is 3.12. The molecule has 104 valence electrons. The molecule has 0 saturated heterocycles. The molecule has 1 rings (SSSR count). The van der Waals surface area contributed by atoms with Crippen LogP contribution in [-0.2, 0) is 4.79 Å². The summed E-state index contributed by atoms with van der Waals surface area (Å²) < 4.78 is 0. The third-order valence-electron chi connectivity index (χ3n) is 3.12. The lowest BCUT2D eigenvalue weighted by molar-refractivity contribution is -0.124. The molecule has 0 aromatic heterocycles. The first-order chi connectivity index (χ1) is 7.06. The van der Waals surface area contributed by atoms with Crippen LogP contribution in [0.4, 0.5) is 0 Å². The number of nitrogens with zero attached hydrogens (tertiary/aromatic N) is 1. The van der Waals surface area contributed by atoms with E-state index in [4.69, 9.17) is 5.73 Å². The van der Waals surface area contributed by atoms with Gasteiger partial charge in [0.05, 0.1) is 0 Å². The fourth-order valence-corrected chi connectivity index (χ4v) is 1.74. The first-order valence-electron chi connectivity index (χ1n) is 5.70. The monoisotopic (exact) mass is 285 g/mol. The number of carbonyl (C=O) groups is 1. The lowest BCUT2D eigenvalue weighted by Gasteiger charge is -2.25. The maximum absolute atomic E-state index is 11.5. The summed E-state index contributed by atoms with van der Waals surface area (Å²) in [6.07, 6.45) is 2.59. The zero-order valence-electron chi connectivity index (χ0n) is 10.8. The molecule has 0 bridgehead atoms. The Labute approximate surface area is 117 Å². The van der Waals surface area contributed by atoms with E-state index in [2.05, 4.69) is 24.3 Å². The molecule has 17 heavy (non-hydrogen) atoms. The van der Waals surface area contributed by atoms with Crippen molar-refractivity contribution in [2.24, 2.45) is 17.6 Å². The van der Waals surface area contributed by atoms with Gasteiger partial charge in [0.2, 0.25) is 5.91 Å². The highest BCUT2D eigenvalue weighted by atomic mass is 35.5. The lowest BCUT2D eigenvalue weighted by Crippen LogP contribution is -2.44. The lowest BCUT2D eigenvalue weighted by atomic mass is 10.1. The van der Waals surface area contributed by atoms with E-state index in [0.717, 1.165) is 12.5 Å². The van der Waals surface area contributed by atoms with Crippen LogP contribution in [0.1, 0.15) is 19.8 Å². The van der Waals surface area contributed by atoms with Crippen LogP contribution in [0, 0.1) is 11.8 Å². The van der Waals surface area contributed by atoms with E-state index in [0.29, 0.717) is 12.6 Å². The van der Waals surface area contributed by atoms with E-state index in [1.165, 1.54) is 12.8 Å². The molecule has 1 aliphatic carbocycles. The summed E-state index contributed by atoms with van der Waals surface area (Å²) in [5, 5.41) is 2.98. The molecule has 0 aromatic rings. The molecule has 1 aliphatic rings. The summed E-state index contributed by atoms with van der Waals surface area (Å²) in [4.78, 5) is 13.7. The van der Waals surface area contributed by atoms with Crippen molar-refractivity contribution in [3.63, 3.8) is 0 Å². The number of halogens is 2. The third kappa shape index (κ3) is 6.46. The molecule has 6 heteroatoms. The van der Waals surface area contributed by atoms with Crippen LogP contribution in [-0.4, -0.2) is 44.0 Å². The topological polar surface area (TPSA) is 58.4 Å². The Kier molecular flexibility index (Phi) is 10.2. The molecule has 0 heterocycles. The highest BCUT2D eigenvalue weighted by Gasteiger charge is 2.32. The maximum Gasteiger partial charge on any atom is 0.224 e. The fourth-order valence-electron chi connectivity index (χ4n) is 1.74. The molecule has 0 radical (unpaired) electrons. The van der Waals surface area contributed by atoms with Crippen LogP contribution in [0.5, 0.6) is 0 Å². The van der Waals surface area contributed by atoms with Crippen molar-refractivity contribution in [1.29, 1.82) is 0 Å². The Morgan fingerprint density at radius 1 is 1.41 bits per heavy atom. The summed E-state index contributed by atoms with van der Waals surface area (Å²) in [6.45, 7) is 3.03. The van der Waals surface area contributed by atoms with Gasteiger partial charge in [-0.3, -0.25) is 4.79 Å². The molecule has 0 spiro atoms. The van der Waals surface area contributed by atoms with Crippen molar-refractivity contribution < 1.29 is 4.79 Å². The quantitative estimate of drug-likeness (QED) is 0.762. The number of amides is 1. The summed E-state index contributed by atoms with van der Waals surface area (Å²) in [5.41, 5.74) is 5.44. The molecule has 3 N–H and O–H groups in total. The minimum absolute atomic E-state index is 0. The van der Waals surface area contributed by atoms with E-state index in [-0.39, 0.29) is 36.6 Å². The first kappa shape index (κ1) is 19.3. The van der Waals surface area contributed by atoms with Crippen molar-refractivity contribution in [3.05, 3.63) is 0 Å². The SMILES string of the molecule is CC(CN)C(=O)NCC(C1CC1)N(C)C.Cl.Cl. The largest absolute Gasteiger partial charge is 0.354 e. The van der Waals surface area contributed by atoms with Gasteiger partial charge in [-0.25, -0.2) is 0 Å². The van der Waals surface area contributed by atoms with Crippen molar-refractivity contribution in [2.75, 3.05) is 27.2 Å². The fraction of sp³-hybridized carbons (Fsp3) is 0.909. The standard InChI is InChI=1S/C11H23N3O.2ClH/c1-8(6-12)11(15)13-7-10(14(2)3)9-4-5-9;;/h8-10H,4-7,12H2,1-3H3,(H,13,15);2*1H. The summed E-state index contributed by atoms with van der Waals surface area (Å²) >= 11 is 0. The van der Waals surface area contributed by atoms with Gasteiger partial charge in [-0.15, -0.1) is 24.8 Å². The van der Waals surface area contributed by atoms with Crippen molar-refractivity contribution in [3.8, 4) is 0 Å². The molecule has 0 aromatic carbocycles. The Balaban J connectivity index is 0. The number of nitrogens with two attached hydrogens (primary N) is 1. The zero-order valence-corrected chi connectivity index (χ0v) is 12.4. The highest BCUT2D eigenvalue weighted by molar-refractivity contribution is 5.85. The van der Waals surface area contributed by atoms with Gasteiger partial charge in [-0.2, -0.15) is 0 Å². The summed E-state index contributed by atoms with van der Waals surface area (Å²) in [7, 11) is 4.14. The maximum atomic E-state index is 11.5. The van der Waals surface area contributed by atoms with Gasteiger partial charge in [0.15, 0.2) is 0 Å². The van der Waals surface area contributed by atoms with Gasteiger partial charge in [-0.1, -0.05) is 6.92 Å².